The maximum atomic E-state index is 11.2. The molecular formula is C7H11ClN2O3S. The first-order chi connectivity index (χ1) is 6.53. The van der Waals surface area contributed by atoms with Crippen molar-refractivity contribution in [1.29, 1.82) is 0 Å². The van der Waals surface area contributed by atoms with E-state index in [4.69, 9.17) is 16.1 Å². The van der Waals surface area contributed by atoms with E-state index in [2.05, 4.69) is 9.88 Å². The van der Waals surface area contributed by atoms with E-state index < -0.39 is 10.0 Å². The SMILES string of the molecule is Cc1cc(CNS(=O)(=O)CCCl)no1. The van der Waals surface area contributed by atoms with Gasteiger partial charge in [0.15, 0.2) is 0 Å². The molecule has 1 aromatic rings. The molecule has 0 saturated heterocycles. The van der Waals surface area contributed by atoms with Crippen molar-refractivity contribution in [3.63, 3.8) is 0 Å². The van der Waals surface area contributed by atoms with Gasteiger partial charge >= 0.3 is 0 Å². The summed E-state index contributed by atoms with van der Waals surface area (Å²) in [4.78, 5) is 0. The van der Waals surface area contributed by atoms with Gasteiger partial charge in [-0.15, -0.1) is 11.6 Å². The fraction of sp³-hybridized carbons (Fsp3) is 0.571. The molecule has 7 heteroatoms. The Morgan fingerprint density at radius 3 is 2.86 bits per heavy atom. The van der Waals surface area contributed by atoms with Gasteiger partial charge in [-0.1, -0.05) is 5.16 Å². The normalized spacial score (nSPS) is 11.9. The van der Waals surface area contributed by atoms with Gasteiger partial charge in [-0.25, -0.2) is 13.1 Å². The van der Waals surface area contributed by atoms with Crippen LogP contribution in [-0.2, 0) is 16.6 Å². The minimum absolute atomic E-state index is 0.0766. The van der Waals surface area contributed by atoms with Gasteiger partial charge in [-0.05, 0) is 6.92 Å². The minimum Gasteiger partial charge on any atom is -0.361 e. The number of nitrogens with one attached hydrogen (secondary N) is 1. The molecule has 0 atom stereocenters. The molecule has 1 heterocycles. The Labute approximate surface area is 87.5 Å². The van der Waals surface area contributed by atoms with Gasteiger partial charge in [-0.3, -0.25) is 0 Å². The molecule has 0 amide bonds. The topological polar surface area (TPSA) is 72.2 Å². The Bertz CT molecular complexity index is 387. The van der Waals surface area contributed by atoms with Crippen molar-refractivity contribution < 1.29 is 12.9 Å². The number of alkyl halides is 1. The zero-order chi connectivity index (χ0) is 10.6. The number of nitrogens with zero attached hydrogens (tertiary/aromatic N) is 1. The van der Waals surface area contributed by atoms with Gasteiger partial charge in [0.2, 0.25) is 10.0 Å². The molecule has 5 nitrogen and oxygen atoms in total. The number of rotatable bonds is 5. The maximum absolute atomic E-state index is 11.2. The van der Waals surface area contributed by atoms with Crippen LogP contribution < -0.4 is 4.72 Å². The third-order valence-corrected chi connectivity index (χ3v) is 3.23. The molecule has 0 bridgehead atoms. The highest BCUT2D eigenvalue weighted by atomic mass is 35.5. The molecule has 0 spiro atoms. The van der Waals surface area contributed by atoms with E-state index in [0.717, 1.165) is 0 Å². The van der Waals surface area contributed by atoms with Crippen molar-refractivity contribution in [1.82, 2.24) is 9.88 Å². The van der Waals surface area contributed by atoms with Crippen molar-refractivity contribution in [2.75, 3.05) is 11.6 Å². The summed E-state index contributed by atoms with van der Waals surface area (Å²) < 4.78 is 29.4. The quantitative estimate of drug-likeness (QED) is 0.765. The van der Waals surface area contributed by atoms with Crippen LogP contribution in [0.3, 0.4) is 0 Å². The number of aromatic nitrogens is 1. The molecule has 0 unspecified atom stereocenters. The van der Waals surface area contributed by atoms with Crippen molar-refractivity contribution >= 4 is 21.6 Å². The molecule has 0 aliphatic rings. The summed E-state index contributed by atoms with van der Waals surface area (Å²) in [6, 6.07) is 1.67. The monoisotopic (exact) mass is 238 g/mol. The van der Waals surface area contributed by atoms with Gasteiger partial charge in [0.1, 0.15) is 5.76 Å². The summed E-state index contributed by atoms with van der Waals surface area (Å²) >= 11 is 5.32. The lowest BCUT2D eigenvalue weighted by molar-refractivity contribution is 0.390. The maximum Gasteiger partial charge on any atom is 0.213 e. The van der Waals surface area contributed by atoms with Crippen LogP contribution in [0.1, 0.15) is 11.5 Å². The van der Waals surface area contributed by atoms with Gasteiger partial charge < -0.3 is 4.52 Å². The van der Waals surface area contributed by atoms with Gasteiger partial charge in [0.05, 0.1) is 18.0 Å². The predicted molar refractivity (Wildman–Crippen MR) is 52.6 cm³/mol. The van der Waals surface area contributed by atoms with E-state index in [0.29, 0.717) is 11.5 Å². The van der Waals surface area contributed by atoms with E-state index in [9.17, 15) is 8.42 Å². The van der Waals surface area contributed by atoms with Crippen LogP contribution in [0.2, 0.25) is 0 Å². The Morgan fingerprint density at radius 1 is 1.64 bits per heavy atom. The van der Waals surface area contributed by atoms with E-state index in [-0.39, 0.29) is 18.2 Å². The Hall–Kier alpha value is -0.590. The molecular weight excluding hydrogens is 228 g/mol. The van der Waals surface area contributed by atoms with Crippen LogP contribution in [-0.4, -0.2) is 25.2 Å². The largest absolute Gasteiger partial charge is 0.361 e. The van der Waals surface area contributed by atoms with Crippen molar-refractivity contribution in [3.8, 4) is 0 Å². The highest BCUT2D eigenvalue weighted by Gasteiger charge is 2.09. The lowest BCUT2D eigenvalue weighted by atomic mass is 10.4. The van der Waals surface area contributed by atoms with E-state index in [1.54, 1.807) is 13.0 Å². The summed E-state index contributed by atoms with van der Waals surface area (Å²) in [5.41, 5.74) is 0.556. The third-order valence-electron chi connectivity index (χ3n) is 1.50. The first-order valence-electron chi connectivity index (χ1n) is 3.99. The molecule has 0 fully saturated rings. The molecule has 1 aromatic heterocycles. The average Bonchev–Trinajstić information content (AvgIpc) is 2.48. The Balaban J connectivity index is 2.48. The highest BCUT2D eigenvalue weighted by molar-refractivity contribution is 7.89. The zero-order valence-electron chi connectivity index (χ0n) is 7.66. The smallest absolute Gasteiger partial charge is 0.213 e. The van der Waals surface area contributed by atoms with Crippen LogP contribution in [0, 0.1) is 6.92 Å². The van der Waals surface area contributed by atoms with Crippen molar-refractivity contribution in [2.24, 2.45) is 0 Å². The van der Waals surface area contributed by atoms with Gasteiger partial charge in [0.25, 0.3) is 0 Å². The average molecular weight is 239 g/mol. The summed E-state index contributed by atoms with van der Waals surface area (Å²) in [5.74, 6) is 0.634. The van der Waals surface area contributed by atoms with Crippen LogP contribution in [0.5, 0.6) is 0 Å². The number of sulfonamides is 1. The number of aryl methyl sites for hydroxylation is 1. The Kier molecular flexibility index (Phi) is 3.91. The van der Waals surface area contributed by atoms with Crippen molar-refractivity contribution in [2.45, 2.75) is 13.5 Å². The van der Waals surface area contributed by atoms with Crippen LogP contribution in [0.15, 0.2) is 10.6 Å². The van der Waals surface area contributed by atoms with E-state index in [1.165, 1.54) is 0 Å². The molecule has 0 saturated carbocycles. The fourth-order valence-corrected chi connectivity index (χ4v) is 2.18. The second-order valence-corrected chi connectivity index (χ2v) is 5.06. The van der Waals surface area contributed by atoms with Crippen molar-refractivity contribution in [3.05, 3.63) is 17.5 Å². The summed E-state index contributed by atoms with van der Waals surface area (Å²) in [5, 5.41) is 3.64. The number of hydrogen-bond acceptors (Lipinski definition) is 4. The van der Waals surface area contributed by atoms with Crippen LogP contribution in [0.4, 0.5) is 0 Å². The summed E-state index contributed by atoms with van der Waals surface area (Å²) in [6.07, 6.45) is 0. The molecule has 0 aliphatic heterocycles. The van der Waals surface area contributed by atoms with E-state index in [1.807, 2.05) is 0 Å². The first kappa shape index (κ1) is 11.5. The molecule has 1 rings (SSSR count). The zero-order valence-corrected chi connectivity index (χ0v) is 9.23. The summed E-state index contributed by atoms with van der Waals surface area (Å²) in [6.45, 7) is 1.88. The molecule has 0 aliphatic carbocycles. The number of hydrogen-bond donors (Lipinski definition) is 1. The first-order valence-corrected chi connectivity index (χ1v) is 6.17. The predicted octanol–water partition coefficient (Wildman–Crippen LogP) is 0.641. The third kappa shape index (κ3) is 3.65. The highest BCUT2D eigenvalue weighted by Crippen LogP contribution is 2.01. The lowest BCUT2D eigenvalue weighted by Crippen LogP contribution is -2.26. The molecule has 14 heavy (non-hydrogen) atoms. The Morgan fingerprint density at radius 2 is 2.36 bits per heavy atom. The van der Waals surface area contributed by atoms with E-state index >= 15 is 0 Å². The molecule has 0 aromatic carbocycles. The fourth-order valence-electron chi connectivity index (χ4n) is 0.859. The van der Waals surface area contributed by atoms with Gasteiger partial charge in [0, 0.05) is 11.9 Å². The minimum atomic E-state index is -3.28. The lowest BCUT2D eigenvalue weighted by Gasteiger charge is -2.01. The van der Waals surface area contributed by atoms with Gasteiger partial charge in [-0.2, -0.15) is 0 Å². The molecule has 1 N–H and O–H groups in total. The van der Waals surface area contributed by atoms with Crippen LogP contribution >= 0.6 is 11.6 Å². The molecule has 0 radical (unpaired) electrons. The van der Waals surface area contributed by atoms with Crippen LogP contribution in [0.25, 0.3) is 0 Å². The molecule has 80 valence electrons. The second-order valence-electron chi connectivity index (χ2n) is 2.76. The summed E-state index contributed by atoms with van der Waals surface area (Å²) in [7, 11) is -3.28. The second kappa shape index (κ2) is 4.77. The number of halogens is 1. The standard InChI is InChI=1S/C7H11ClN2O3S/c1-6-4-7(10-13-6)5-9-14(11,12)3-2-8/h4,9H,2-3,5H2,1H3.